The highest BCUT2D eigenvalue weighted by Crippen LogP contribution is 2.11. The molecule has 0 bridgehead atoms. The van der Waals surface area contributed by atoms with Gasteiger partial charge in [0.25, 0.3) is 0 Å². The van der Waals surface area contributed by atoms with Gasteiger partial charge in [-0.05, 0) is 33.3 Å². The van der Waals surface area contributed by atoms with E-state index in [0.29, 0.717) is 26.2 Å². The molecule has 5 nitrogen and oxygen atoms in total. The second kappa shape index (κ2) is 6.81. The van der Waals surface area contributed by atoms with Crippen LogP contribution in [-0.4, -0.2) is 42.1 Å². The molecule has 0 atom stereocenters. The number of carbonyl (C=O) groups excluding carboxylic acids is 1. The van der Waals surface area contributed by atoms with Crippen molar-refractivity contribution >= 4 is 11.9 Å². The molecule has 1 heterocycles. The molecule has 5 heteroatoms. The van der Waals surface area contributed by atoms with E-state index in [1.165, 1.54) is 11.1 Å². The highest BCUT2D eigenvalue weighted by atomic mass is 16.6. The maximum absolute atomic E-state index is 12.1. The van der Waals surface area contributed by atoms with Crippen molar-refractivity contribution in [3.05, 3.63) is 35.4 Å². The molecule has 0 spiro atoms. The lowest BCUT2D eigenvalue weighted by Crippen LogP contribution is -2.47. The zero-order valence-corrected chi connectivity index (χ0v) is 13.8. The minimum atomic E-state index is -0.471. The fourth-order valence-electron chi connectivity index (χ4n) is 2.12. The van der Waals surface area contributed by atoms with Crippen LogP contribution in [-0.2, 0) is 11.3 Å². The smallest absolute Gasteiger partial charge is 0.410 e. The maximum Gasteiger partial charge on any atom is 0.410 e. The zero-order valence-electron chi connectivity index (χ0n) is 13.8. The number of benzene rings is 1. The van der Waals surface area contributed by atoms with E-state index < -0.39 is 5.60 Å². The van der Waals surface area contributed by atoms with E-state index in [2.05, 4.69) is 41.5 Å². The molecular formula is C17H25N3O2. The van der Waals surface area contributed by atoms with E-state index in [9.17, 15) is 4.79 Å². The Hall–Kier alpha value is -2.04. The number of aryl methyl sites for hydroxylation is 1. The summed E-state index contributed by atoms with van der Waals surface area (Å²) in [6.07, 6.45) is -0.281. The number of amidine groups is 1. The summed E-state index contributed by atoms with van der Waals surface area (Å²) < 4.78 is 5.41. The summed E-state index contributed by atoms with van der Waals surface area (Å²) in [7, 11) is 0. The monoisotopic (exact) mass is 303 g/mol. The number of amides is 1. The van der Waals surface area contributed by atoms with Gasteiger partial charge >= 0.3 is 6.09 Å². The van der Waals surface area contributed by atoms with Crippen LogP contribution in [0.25, 0.3) is 0 Å². The van der Waals surface area contributed by atoms with Gasteiger partial charge in [0.2, 0.25) is 0 Å². The first-order valence-corrected chi connectivity index (χ1v) is 7.64. The van der Waals surface area contributed by atoms with E-state index in [4.69, 9.17) is 4.74 Å². The average Bonchev–Trinajstić information content (AvgIpc) is 2.45. The Morgan fingerprint density at radius 1 is 1.32 bits per heavy atom. The first kappa shape index (κ1) is 16.3. The van der Waals surface area contributed by atoms with Crippen molar-refractivity contribution in [1.29, 1.82) is 0 Å². The largest absolute Gasteiger partial charge is 0.444 e. The number of nitrogens with one attached hydrogen (secondary N) is 1. The molecule has 0 aliphatic carbocycles. The molecule has 0 saturated heterocycles. The molecule has 120 valence electrons. The molecule has 0 radical (unpaired) electrons. The summed E-state index contributed by atoms with van der Waals surface area (Å²) in [5.74, 6) is 0.831. The normalized spacial score (nSPS) is 15.3. The Kier molecular flexibility index (Phi) is 5.06. The van der Waals surface area contributed by atoms with Crippen molar-refractivity contribution in [1.82, 2.24) is 10.2 Å². The van der Waals surface area contributed by atoms with Gasteiger partial charge in [-0.15, -0.1) is 0 Å². The third-order valence-corrected chi connectivity index (χ3v) is 3.28. The van der Waals surface area contributed by atoms with Crippen molar-refractivity contribution < 1.29 is 9.53 Å². The lowest BCUT2D eigenvalue weighted by atomic mass is 10.1. The third kappa shape index (κ3) is 5.06. The standard InChI is InChI=1S/C17H25N3O2/c1-13-5-7-14(8-6-13)11-19-15-12-20(10-9-18-15)16(21)22-17(2,3)4/h5-8H,9-12H2,1-4H3,(H,18,19). The summed E-state index contributed by atoms with van der Waals surface area (Å²) in [5.41, 5.74) is 1.97. The maximum atomic E-state index is 12.1. The summed E-state index contributed by atoms with van der Waals surface area (Å²) >= 11 is 0. The van der Waals surface area contributed by atoms with Crippen LogP contribution in [0.15, 0.2) is 29.3 Å². The van der Waals surface area contributed by atoms with Crippen LogP contribution in [0, 0.1) is 6.92 Å². The van der Waals surface area contributed by atoms with E-state index in [1.54, 1.807) is 4.90 Å². The second-order valence-corrected chi connectivity index (χ2v) is 6.57. The van der Waals surface area contributed by atoms with Gasteiger partial charge in [-0.2, -0.15) is 0 Å². The van der Waals surface area contributed by atoms with Crippen molar-refractivity contribution in [2.24, 2.45) is 4.99 Å². The SMILES string of the molecule is Cc1ccc(CNC2=NCCN(C(=O)OC(C)(C)C)C2)cc1. The fourth-order valence-corrected chi connectivity index (χ4v) is 2.12. The summed E-state index contributed by atoms with van der Waals surface area (Å²) in [5, 5.41) is 3.31. The Balaban J connectivity index is 1.86. The Bertz CT molecular complexity index is 544. The molecule has 1 aromatic rings. The van der Waals surface area contributed by atoms with Crippen molar-refractivity contribution in [3.63, 3.8) is 0 Å². The van der Waals surface area contributed by atoms with Crippen LogP contribution in [0.3, 0.4) is 0 Å². The van der Waals surface area contributed by atoms with Gasteiger partial charge in [0.15, 0.2) is 0 Å². The van der Waals surface area contributed by atoms with E-state index in [-0.39, 0.29) is 6.09 Å². The molecular weight excluding hydrogens is 278 g/mol. The highest BCUT2D eigenvalue weighted by molar-refractivity contribution is 5.87. The Morgan fingerprint density at radius 2 is 2.00 bits per heavy atom. The van der Waals surface area contributed by atoms with Crippen LogP contribution in [0.1, 0.15) is 31.9 Å². The molecule has 1 aromatic carbocycles. The third-order valence-electron chi connectivity index (χ3n) is 3.28. The minimum absolute atomic E-state index is 0.281. The lowest BCUT2D eigenvalue weighted by molar-refractivity contribution is 0.0276. The van der Waals surface area contributed by atoms with Gasteiger partial charge in [-0.25, -0.2) is 4.79 Å². The van der Waals surface area contributed by atoms with Gasteiger partial charge < -0.3 is 10.1 Å². The zero-order chi connectivity index (χ0) is 16.2. The number of ether oxygens (including phenoxy) is 1. The van der Waals surface area contributed by atoms with Crippen LogP contribution in [0.4, 0.5) is 4.79 Å². The quantitative estimate of drug-likeness (QED) is 0.914. The molecule has 22 heavy (non-hydrogen) atoms. The topological polar surface area (TPSA) is 53.9 Å². The van der Waals surface area contributed by atoms with Crippen molar-refractivity contribution in [2.75, 3.05) is 19.6 Å². The van der Waals surface area contributed by atoms with Crippen LogP contribution >= 0.6 is 0 Å². The molecule has 0 saturated carbocycles. The molecule has 0 unspecified atom stereocenters. The number of carbonyl (C=O) groups is 1. The number of hydrogen-bond donors (Lipinski definition) is 1. The lowest BCUT2D eigenvalue weighted by Gasteiger charge is -2.30. The number of nitrogens with zero attached hydrogens (tertiary/aromatic N) is 2. The second-order valence-electron chi connectivity index (χ2n) is 6.57. The van der Waals surface area contributed by atoms with E-state index in [0.717, 1.165) is 5.84 Å². The first-order chi connectivity index (χ1) is 10.3. The Labute approximate surface area is 132 Å². The highest BCUT2D eigenvalue weighted by Gasteiger charge is 2.24. The molecule has 1 aliphatic heterocycles. The molecule has 1 aliphatic rings. The average molecular weight is 303 g/mol. The number of rotatable bonds is 2. The van der Waals surface area contributed by atoms with Gasteiger partial charge in [0, 0.05) is 13.1 Å². The van der Waals surface area contributed by atoms with Gasteiger partial charge in [0.05, 0.1) is 13.1 Å². The number of aliphatic imine (C=N–C) groups is 1. The predicted molar refractivity (Wildman–Crippen MR) is 88.1 cm³/mol. The van der Waals surface area contributed by atoms with Crippen LogP contribution in [0.2, 0.25) is 0 Å². The summed E-state index contributed by atoms with van der Waals surface area (Å²) in [6.45, 7) is 10.1. The predicted octanol–water partition coefficient (Wildman–Crippen LogP) is 2.73. The molecule has 0 aromatic heterocycles. The van der Waals surface area contributed by atoms with Crippen molar-refractivity contribution in [2.45, 2.75) is 39.8 Å². The van der Waals surface area contributed by atoms with Crippen molar-refractivity contribution in [3.8, 4) is 0 Å². The van der Waals surface area contributed by atoms with Gasteiger partial charge in [-0.3, -0.25) is 9.89 Å². The summed E-state index contributed by atoms with van der Waals surface area (Å²) in [4.78, 5) is 18.2. The van der Waals surface area contributed by atoms with Gasteiger partial charge in [-0.1, -0.05) is 29.8 Å². The molecule has 2 rings (SSSR count). The van der Waals surface area contributed by atoms with Crippen LogP contribution in [0.5, 0.6) is 0 Å². The molecule has 0 fully saturated rings. The van der Waals surface area contributed by atoms with Gasteiger partial charge in [0.1, 0.15) is 11.4 Å². The Morgan fingerprint density at radius 3 is 2.64 bits per heavy atom. The fraction of sp³-hybridized carbons (Fsp3) is 0.529. The first-order valence-electron chi connectivity index (χ1n) is 7.64. The number of hydrogen-bond acceptors (Lipinski definition) is 4. The minimum Gasteiger partial charge on any atom is -0.444 e. The van der Waals surface area contributed by atoms with Crippen LogP contribution < -0.4 is 5.32 Å². The van der Waals surface area contributed by atoms with E-state index in [1.807, 2.05) is 20.8 Å². The molecule has 1 N–H and O–H groups in total. The molecule has 1 amide bonds. The van der Waals surface area contributed by atoms with E-state index >= 15 is 0 Å². The summed E-state index contributed by atoms with van der Waals surface area (Å²) in [6, 6.07) is 8.37.